The first-order valence-corrected chi connectivity index (χ1v) is 7.25. The van der Waals surface area contributed by atoms with Gasteiger partial charge in [0.1, 0.15) is 5.82 Å². The molecule has 0 aliphatic carbocycles. The summed E-state index contributed by atoms with van der Waals surface area (Å²) < 4.78 is 0. The number of benzene rings is 1. The summed E-state index contributed by atoms with van der Waals surface area (Å²) in [5.41, 5.74) is 6.13. The van der Waals surface area contributed by atoms with Crippen LogP contribution in [0.5, 0.6) is 0 Å². The molecule has 2 rings (SSSR count). The highest BCUT2D eigenvalue weighted by Gasteiger charge is 2.15. The smallest absolute Gasteiger partial charge is 0.237 e. The topological polar surface area (TPSA) is 68.0 Å². The Labute approximate surface area is 126 Å². The molecule has 0 saturated carbocycles. The number of carbonyl (C=O) groups excluding carboxylic acids is 1. The molecule has 0 aliphatic heterocycles. The molecule has 0 fully saturated rings. The van der Waals surface area contributed by atoms with E-state index in [1.165, 1.54) is 11.8 Å². The van der Waals surface area contributed by atoms with Gasteiger partial charge in [-0.05, 0) is 31.2 Å². The molecular formula is C14H14ClN3OS. The van der Waals surface area contributed by atoms with E-state index in [4.69, 9.17) is 17.3 Å². The Bertz CT molecular complexity index is 604. The van der Waals surface area contributed by atoms with Gasteiger partial charge in [0.05, 0.1) is 16.0 Å². The second-order valence-corrected chi connectivity index (χ2v) is 5.97. The van der Waals surface area contributed by atoms with Gasteiger partial charge >= 0.3 is 0 Å². The molecule has 0 aliphatic rings. The van der Waals surface area contributed by atoms with Gasteiger partial charge in [0.25, 0.3) is 0 Å². The molecule has 2 aromatic rings. The number of nitrogens with one attached hydrogen (secondary N) is 1. The Balaban J connectivity index is 1.99. The number of pyridine rings is 1. The first kappa shape index (κ1) is 14.7. The molecule has 3 N–H and O–H groups in total. The second-order valence-electron chi connectivity index (χ2n) is 4.15. The van der Waals surface area contributed by atoms with Crippen LogP contribution in [0.25, 0.3) is 0 Å². The average Bonchev–Trinajstić information content (AvgIpc) is 2.44. The summed E-state index contributed by atoms with van der Waals surface area (Å²) in [6.07, 6.45) is 1.65. The van der Waals surface area contributed by atoms with Crippen LogP contribution in [-0.2, 0) is 4.79 Å². The van der Waals surface area contributed by atoms with E-state index in [0.29, 0.717) is 16.5 Å². The number of halogens is 1. The molecule has 1 aromatic carbocycles. The number of anilines is 2. The highest BCUT2D eigenvalue weighted by molar-refractivity contribution is 8.00. The van der Waals surface area contributed by atoms with Crippen molar-refractivity contribution in [1.29, 1.82) is 0 Å². The van der Waals surface area contributed by atoms with Crippen molar-refractivity contribution >= 4 is 40.8 Å². The van der Waals surface area contributed by atoms with E-state index in [1.807, 2.05) is 25.1 Å². The molecule has 1 heterocycles. The van der Waals surface area contributed by atoms with Crippen molar-refractivity contribution in [3.63, 3.8) is 0 Å². The van der Waals surface area contributed by atoms with Gasteiger partial charge in [-0.1, -0.05) is 23.7 Å². The van der Waals surface area contributed by atoms with Gasteiger partial charge in [0.2, 0.25) is 5.91 Å². The lowest BCUT2D eigenvalue weighted by Gasteiger charge is -2.12. The first-order chi connectivity index (χ1) is 9.56. The summed E-state index contributed by atoms with van der Waals surface area (Å²) in [6, 6.07) is 10.7. The van der Waals surface area contributed by atoms with Crippen molar-refractivity contribution in [1.82, 2.24) is 4.98 Å². The van der Waals surface area contributed by atoms with Gasteiger partial charge in [0.15, 0.2) is 0 Å². The summed E-state index contributed by atoms with van der Waals surface area (Å²) >= 11 is 7.42. The Morgan fingerprint density at radius 1 is 1.35 bits per heavy atom. The van der Waals surface area contributed by atoms with Crippen molar-refractivity contribution in [2.75, 3.05) is 11.1 Å². The highest BCUT2D eigenvalue weighted by atomic mass is 35.5. The monoisotopic (exact) mass is 307 g/mol. The molecule has 1 aromatic heterocycles. The molecule has 0 spiro atoms. The van der Waals surface area contributed by atoms with E-state index in [9.17, 15) is 4.79 Å². The zero-order chi connectivity index (χ0) is 14.5. The molecule has 1 unspecified atom stereocenters. The average molecular weight is 308 g/mol. The van der Waals surface area contributed by atoms with Crippen molar-refractivity contribution in [2.24, 2.45) is 0 Å². The second kappa shape index (κ2) is 6.63. The maximum atomic E-state index is 12.1. The number of para-hydroxylation sites is 1. The Kier molecular flexibility index (Phi) is 4.87. The maximum Gasteiger partial charge on any atom is 0.237 e. The third-order valence-electron chi connectivity index (χ3n) is 2.57. The largest absolute Gasteiger partial charge is 0.384 e. The highest BCUT2D eigenvalue weighted by Crippen LogP contribution is 2.25. The molecule has 0 saturated heterocycles. The van der Waals surface area contributed by atoms with E-state index < -0.39 is 0 Å². The van der Waals surface area contributed by atoms with Crippen LogP contribution in [0, 0.1) is 0 Å². The molecule has 104 valence electrons. The minimum absolute atomic E-state index is 0.111. The first-order valence-electron chi connectivity index (χ1n) is 6.00. The van der Waals surface area contributed by atoms with Crippen LogP contribution >= 0.6 is 23.4 Å². The lowest BCUT2D eigenvalue weighted by atomic mass is 10.3. The summed E-state index contributed by atoms with van der Waals surface area (Å²) in [5, 5.41) is 3.06. The number of amides is 1. The molecule has 4 nitrogen and oxygen atoms in total. The van der Waals surface area contributed by atoms with E-state index >= 15 is 0 Å². The summed E-state index contributed by atoms with van der Waals surface area (Å²) in [5.74, 6) is 0.349. The molecule has 0 radical (unpaired) electrons. The Morgan fingerprint density at radius 3 is 2.75 bits per heavy atom. The standard InChI is InChI=1S/C14H14ClN3OS/c1-9(20-10-6-7-13(16)17-8-10)14(19)18-12-5-3-2-4-11(12)15/h2-9H,1H3,(H2,16,17)(H,18,19). The molecular weight excluding hydrogens is 294 g/mol. The third-order valence-corrected chi connectivity index (χ3v) is 3.98. The maximum absolute atomic E-state index is 12.1. The number of nitrogens with two attached hydrogens (primary N) is 1. The van der Waals surface area contributed by atoms with Gasteiger partial charge in [-0.3, -0.25) is 4.79 Å². The van der Waals surface area contributed by atoms with E-state index in [0.717, 1.165) is 4.90 Å². The zero-order valence-electron chi connectivity index (χ0n) is 10.8. The van der Waals surface area contributed by atoms with Crippen LogP contribution in [0.15, 0.2) is 47.5 Å². The number of rotatable bonds is 4. The Morgan fingerprint density at radius 2 is 2.10 bits per heavy atom. The molecule has 1 amide bonds. The number of thioether (sulfide) groups is 1. The molecule has 20 heavy (non-hydrogen) atoms. The lowest BCUT2D eigenvalue weighted by molar-refractivity contribution is -0.115. The predicted molar refractivity (Wildman–Crippen MR) is 84.1 cm³/mol. The van der Waals surface area contributed by atoms with E-state index in [2.05, 4.69) is 10.3 Å². The fourth-order valence-electron chi connectivity index (χ4n) is 1.52. The summed E-state index contributed by atoms with van der Waals surface area (Å²) in [4.78, 5) is 17.0. The van der Waals surface area contributed by atoms with Crippen molar-refractivity contribution in [3.8, 4) is 0 Å². The van der Waals surface area contributed by atoms with Crippen LogP contribution in [0.1, 0.15) is 6.92 Å². The molecule has 6 heteroatoms. The Hall–Kier alpha value is -1.72. The quantitative estimate of drug-likeness (QED) is 0.849. The van der Waals surface area contributed by atoms with E-state index in [1.54, 1.807) is 24.4 Å². The predicted octanol–water partition coefficient (Wildman–Crippen LogP) is 3.44. The van der Waals surface area contributed by atoms with Gasteiger partial charge in [0, 0.05) is 11.1 Å². The fourth-order valence-corrected chi connectivity index (χ4v) is 2.53. The minimum atomic E-state index is -0.267. The number of nitrogens with zero attached hydrogens (tertiary/aromatic N) is 1. The molecule has 1 atom stereocenters. The van der Waals surface area contributed by atoms with Crippen LogP contribution in [0.2, 0.25) is 5.02 Å². The number of nitrogen functional groups attached to an aromatic ring is 1. The van der Waals surface area contributed by atoms with Gasteiger partial charge in [-0.25, -0.2) is 4.98 Å². The summed E-state index contributed by atoms with van der Waals surface area (Å²) in [7, 11) is 0. The van der Waals surface area contributed by atoms with Crippen LogP contribution < -0.4 is 11.1 Å². The van der Waals surface area contributed by atoms with Crippen LogP contribution in [0.4, 0.5) is 11.5 Å². The van der Waals surface area contributed by atoms with E-state index in [-0.39, 0.29) is 11.2 Å². The number of carbonyl (C=O) groups is 1. The number of hydrogen-bond donors (Lipinski definition) is 2. The lowest BCUT2D eigenvalue weighted by Crippen LogP contribution is -2.22. The SMILES string of the molecule is CC(Sc1ccc(N)nc1)C(=O)Nc1ccccc1Cl. The summed E-state index contributed by atoms with van der Waals surface area (Å²) in [6.45, 7) is 1.83. The van der Waals surface area contributed by atoms with Gasteiger partial charge in [-0.2, -0.15) is 0 Å². The number of aromatic nitrogens is 1. The van der Waals surface area contributed by atoms with Crippen molar-refractivity contribution in [2.45, 2.75) is 17.1 Å². The number of hydrogen-bond acceptors (Lipinski definition) is 4. The minimum Gasteiger partial charge on any atom is -0.384 e. The van der Waals surface area contributed by atoms with Gasteiger partial charge in [-0.15, -0.1) is 11.8 Å². The normalized spacial score (nSPS) is 11.9. The third kappa shape index (κ3) is 3.88. The van der Waals surface area contributed by atoms with Crippen LogP contribution in [0.3, 0.4) is 0 Å². The van der Waals surface area contributed by atoms with Crippen LogP contribution in [-0.4, -0.2) is 16.1 Å². The van der Waals surface area contributed by atoms with Crippen molar-refractivity contribution < 1.29 is 4.79 Å². The van der Waals surface area contributed by atoms with Gasteiger partial charge < -0.3 is 11.1 Å². The zero-order valence-corrected chi connectivity index (χ0v) is 12.4. The molecule has 0 bridgehead atoms. The fraction of sp³-hybridized carbons (Fsp3) is 0.143. The van der Waals surface area contributed by atoms with Crippen molar-refractivity contribution in [3.05, 3.63) is 47.6 Å².